The minimum absolute atomic E-state index is 0.562. The Morgan fingerprint density at radius 3 is 0.833 bits per heavy atom. The summed E-state index contributed by atoms with van der Waals surface area (Å²) in [5.41, 5.74) is 10.6. The molecule has 0 saturated heterocycles. The van der Waals surface area contributed by atoms with Gasteiger partial charge in [-0.15, -0.1) is 0 Å². The van der Waals surface area contributed by atoms with Crippen molar-refractivity contribution in [1.82, 2.24) is 0 Å². The molecule has 0 unspecified atom stereocenters. The normalized spacial score (nSPS) is 15.4. The first kappa shape index (κ1) is 83.5. The molecule has 2 aliphatic carbocycles. The third kappa shape index (κ3) is 26.1. The minimum Gasteiger partial charge on any atom is -0.494 e. The van der Waals surface area contributed by atoms with Crippen LogP contribution in [0.3, 0.4) is 0 Å². The SMILES string of the molecule is [C-]#[N+]c1ccc(-c2ccc(OCCCCCCOc3ccc4cc(OCCCCCCOc5ccc(C6CCC(CCCCC)CC6)cc5)ccc4c3-c3c(OCCCCCCOc4ccc(-c5ccc([N+]#[C-])cc5)cc4)ccc4cc(OCCCCCCOc5ccc(C6CCC(CCCCC)CC6)cc5)ccc34)cc2)cc1. The summed E-state index contributed by atoms with van der Waals surface area (Å²) in [4.78, 5) is 7.07. The van der Waals surface area contributed by atoms with E-state index in [2.05, 4.69) is 157 Å². The van der Waals surface area contributed by atoms with Crippen molar-refractivity contribution in [2.45, 2.75) is 231 Å². The van der Waals surface area contributed by atoms with Crippen LogP contribution in [0.2, 0.25) is 0 Å². The summed E-state index contributed by atoms with van der Waals surface area (Å²) in [6, 6.07) is 71.6. The average Bonchev–Trinajstić information content (AvgIpc) is 0.748. The van der Waals surface area contributed by atoms with E-state index in [9.17, 15) is 0 Å². The number of rotatable bonds is 49. The Kier molecular flexibility index (Phi) is 34.0. The third-order valence-corrected chi connectivity index (χ3v) is 23.6. The Bertz CT molecular complexity index is 4230. The Balaban J connectivity index is 0.672. The van der Waals surface area contributed by atoms with Crippen LogP contribution in [0.4, 0.5) is 11.4 Å². The van der Waals surface area contributed by atoms with Gasteiger partial charge in [-0.1, -0.05) is 174 Å². The lowest BCUT2D eigenvalue weighted by Crippen LogP contribution is -2.13. The highest BCUT2D eigenvalue weighted by molar-refractivity contribution is 6.10. The number of benzene rings is 10. The minimum atomic E-state index is 0.562. The molecule has 2 fully saturated rings. The molecule has 598 valence electrons. The van der Waals surface area contributed by atoms with Crippen LogP contribution in [0, 0.1) is 25.0 Å². The van der Waals surface area contributed by atoms with E-state index < -0.39 is 0 Å². The lowest BCUT2D eigenvalue weighted by molar-refractivity contribution is 0.286. The molecule has 10 aromatic rings. The van der Waals surface area contributed by atoms with Gasteiger partial charge in [0.2, 0.25) is 0 Å². The van der Waals surface area contributed by atoms with Gasteiger partial charge in [-0.25, -0.2) is 9.69 Å². The van der Waals surface area contributed by atoms with Crippen LogP contribution in [0.1, 0.15) is 242 Å². The molecular weight excluding hydrogens is 1410 g/mol. The second-order valence-corrected chi connectivity index (χ2v) is 32.0. The number of ether oxygens (including phenoxy) is 8. The molecule has 0 amide bonds. The third-order valence-electron chi connectivity index (χ3n) is 23.6. The summed E-state index contributed by atoms with van der Waals surface area (Å²) in [6.07, 6.45) is 37.8. The lowest BCUT2D eigenvalue weighted by Gasteiger charge is -2.29. The summed E-state index contributed by atoms with van der Waals surface area (Å²) in [7, 11) is 0. The maximum Gasteiger partial charge on any atom is 0.187 e. The van der Waals surface area contributed by atoms with Crippen LogP contribution in [-0.4, -0.2) is 52.9 Å². The molecule has 0 atom stereocenters. The Morgan fingerprint density at radius 2 is 0.535 bits per heavy atom. The highest BCUT2D eigenvalue weighted by atomic mass is 16.5. The fourth-order valence-electron chi connectivity index (χ4n) is 16.8. The Hall–Kier alpha value is -9.90. The number of fused-ring (bicyclic) bond motifs is 2. The van der Waals surface area contributed by atoms with Crippen molar-refractivity contribution >= 4 is 32.9 Å². The van der Waals surface area contributed by atoms with Crippen molar-refractivity contribution in [3.63, 3.8) is 0 Å². The van der Waals surface area contributed by atoms with Crippen molar-refractivity contribution < 1.29 is 37.9 Å². The molecule has 12 rings (SSSR count). The van der Waals surface area contributed by atoms with Gasteiger partial charge in [-0.2, -0.15) is 0 Å². The smallest absolute Gasteiger partial charge is 0.187 e. The average molecular weight is 1530 g/mol. The van der Waals surface area contributed by atoms with Crippen LogP contribution < -0.4 is 37.9 Å². The van der Waals surface area contributed by atoms with E-state index in [1.54, 1.807) is 0 Å². The molecule has 10 aromatic carbocycles. The van der Waals surface area contributed by atoms with Crippen LogP contribution in [0.25, 0.3) is 64.6 Å². The topological polar surface area (TPSA) is 82.6 Å². The lowest BCUT2D eigenvalue weighted by atomic mass is 9.77. The van der Waals surface area contributed by atoms with Gasteiger partial charge in [-0.3, -0.25) is 0 Å². The summed E-state index contributed by atoms with van der Waals surface area (Å²) >= 11 is 0. The van der Waals surface area contributed by atoms with E-state index >= 15 is 0 Å². The van der Waals surface area contributed by atoms with Crippen LogP contribution in [0.15, 0.2) is 206 Å². The molecule has 0 bridgehead atoms. The Labute approximate surface area is 682 Å². The first-order valence-electron chi connectivity index (χ1n) is 43.9. The van der Waals surface area contributed by atoms with Crippen molar-refractivity contribution in [2.24, 2.45) is 11.8 Å². The van der Waals surface area contributed by atoms with Crippen molar-refractivity contribution in [3.05, 3.63) is 240 Å². The number of unbranched alkanes of at least 4 members (excludes halogenated alkanes) is 16. The monoisotopic (exact) mass is 1530 g/mol. The van der Waals surface area contributed by atoms with E-state index in [1.807, 2.05) is 72.8 Å². The molecule has 10 nitrogen and oxygen atoms in total. The molecule has 0 radical (unpaired) electrons. The molecule has 0 spiro atoms. The first-order valence-corrected chi connectivity index (χ1v) is 43.9. The van der Waals surface area contributed by atoms with Gasteiger partial charge in [0.1, 0.15) is 46.0 Å². The number of hydrogen-bond donors (Lipinski definition) is 0. The molecule has 2 saturated carbocycles. The predicted octanol–water partition coefficient (Wildman–Crippen LogP) is 29.9. The van der Waals surface area contributed by atoms with Crippen LogP contribution in [-0.2, 0) is 0 Å². The second-order valence-electron chi connectivity index (χ2n) is 32.0. The van der Waals surface area contributed by atoms with Crippen LogP contribution >= 0.6 is 0 Å². The quantitative estimate of drug-likeness (QED) is 0.0276. The van der Waals surface area contributed by atoms with E-state index in [0.717, 1.165) is 229 Å². The molecule has 10 heteroatoms. The van der Waals surface area contributed by atoms with Gasteiger partial charge in [0, 0.05) is 11.1 Å². The van der Waals surface area contributed by atoms with Crippen molar-refractivity contribution in [3.8, 4) is 79.4 Å². The Morgan fingerprint density at radius 1 is 0.263 bits per heavy atom. The summed E-state index contributed by atoms with van der Waals surface area (Å²) in [5, 5.41) is 4.29. The predicted molar refractivity (Wildman–Crippen MR) is 472 cm³/mol. The standard InChI is InChI=1S/C104H124N2O8/c1-5-7-17-27-79-29-33-81(34-30-79)85-41-55-93(56-42-85)107-69-19-9-11-23-73-111-97-63-65-99-89(77-97)49-67-101(113-75-25-15-13-21-71-109-95-59-45-87(46-60-95)83-37-51-91(105-3)52-38-83)103(99)104-100-66-64-98(112-74-24-12-10-20-70-108-94-57-43-86(44-58-94)82-35-31-80(32-36-82)28-18-8-6-2)78-90(100)50-68-102(104)114-76-26-16-14-22-72-110-96-61-47-88(48-62-96)84-39-53-92(106-4)54-40-84/h37-68,77-82H,5-36,69-76H2,1-2H3. The number of nitrogens with zero attached hydrogens (tertiary/aromatic N) is 2. The van der Waals surface area contributed by atoms with Gasteiger partial charge in [0.25, 0.3) is 0 Å². The zero-order valence-corrected chi connectivity index (χ0v) is 68.4. The zero-order chi connectivity index (χ0) is 78.4. The molecule has 0 heterocycles. The summed E-state index contributed by atoms with van der Waals surface area (Å²) in [6.45, 7) is 24.3. The molecular formula is C104H124N2O8. The largest absolute Gasteiger partial charge is 0.494 e. The number of hydrogen-bond acceptors (Lipinski definition) is 8. The fourth-order valence-corrected chi connectivity index (χ4v) is 16.8. The van der Waals surface area contributed by atoms with Crippen molar-refractivity contribution in [2.75, 3.05) is 52.9 Å². The fraction of sp³-hybridized carbons (Fsp3) is 0.442. The molecule has 2 aliphatic rings. The molecule has 114 heavy (non-hydrogen) atoms. The zero-order valence-electron chi connectivity index (χ0n) is 68.4. The van der Waals surface area contributed by atoms with E-state index in [4.69, 9.17) is 51.0 Å². The van der Waals surface area contributed by atoms with Gasteiger partial charge >= 0.3 is 0 Å². The van der Waals surface area contributed by atoms with Gasteiger partial charge < -0.3 is 37.9 Å². The van der Waals surface area contributed by atoms with Gasteiger partial charge in [-0.05, 0) is 330 Å². The second kappa shape index (κ2) is 46.5. The maximum absolute atomic E-state index is 7.30. The van der Waals surface area contributed by atoms with Crippen molar-refractivity contribution in [1.29, 1.82) is 0 Å². The van der Waals surface area contributed by atoms with Gasteiger partial charge in [0.05, 0.1) is 66.0 Å². The maximum atomic E-state index is 7.30. The van der Waals surface area contributed by atoms with E-state index in [1.165, 1.54) is 114 Å². The van der Waals surface area contributed by atoms with E-state index in [-0.39, 0.29) is 0 Å². The highest BCUT2D eigenvalue weighted by Gasteiger charge is 2.25. The highest BCUT2D eigenvalue weighted by Crippen LogP contribution is 2.48. The van der Waals surface area contributed by atoms with Crippen LogP contribution in [0.5, 0.6) is 46.0 Å². The molecule has 0 N–H and O–H groups in total. The van der Waals surface area contributed by atoms with E-state index in [0.29, 0.717) is 62.9 Å². The summed E-state index contributed by atoms with van der Waals surface area (Å²) < 4.78 is 52.0. The first-order chi connectivity index (χ1) is 56.4. The molecule has 0 aliphatic heterocycles. The van der Waals surface area contributed by atoms with Gasteiger partial charge in [0.15, 0.2) is 11.4 Å². The molecule has 0 aromatic heterocycles. The summed E-state index contributed by atoms with van der Waals surface area (Å²) in [5.74, 6) is 10.3.